The number of halogens is 1. The Hall–Kier alpha value is -1.98. The Morgan fingerprint density at radius 3 is 3.00 bits per heavy atom. The van der Waals surface area contributed by atoms with Gasteiger partial charge in [0.1, 0.15) is 0 Å². The Bertz CT molecular complexity index is 943. The molecule has 4 rings (SSSR count). The lowest BCUT2D eigenvalue weighted by Crippen LogP contribution is -1.90. The van der Waals surface area contributed by atoms with Gasteiger partial charge in [0.15, 0.2) is 5.13 Å². The molecule has 0 bridgehead atoms. The third kappa shape index (κ3) is 2.39. The zero-order chi connectivity index (χ0) is 14.2. The summed E-state index contributed by atoms with van der Waals surface area (Å²) in [4.78, 5) is 8.79. The quantitative estimate of drug-likeness (QED) is 0.526. The molecule has 0 aliphatic heterocycles. The molecule has 1 N–H and O–H groups in total. The summed E-state index contributed by atoms with van der Waals surface area (Å²) in [5.74, 6) is 0. The minimum Gasteiger partial charge on any atom is -0.331 e. The number of nitrogens with one attached hydrogen (secondary N) is 1. The number of anilines is 2. The van der Waals surface area contributed by atoms with Crippen molar-refractivity contribution in [1.29, 1.82) is 0 Å². The van der Waals surface area contributed by atoms with Crippen molar-refractivity contribution in [2.24, 2.45) is 0 Å². The summed E-state index contributed by atoms with van der Waals surface area (Å²) in [6.45, 7) is 0. The van der Waals surface area contributed by atoms with Gasteiger partial charge in [-0.25, -0.2) is 4.98 Å². The normalized spacial score (nSPS) is 11.1. The van der Waals surface area contributed by atoms with Crippen LogP contribution >= 0.6 is 27.3 Å². The van der Waals surface area contributed by atoms with Crippen LogP contribution in [0.2, 0.25) is 0 Å². The van der Waals surface area contributed by atoms with E-state index in [4.69, 9.17) is 0 Å². The van der Waals surface area contributed by atoms with E-state index in [1.807, 2.05) is 36.7 Å². The van der Waals surface area contributed by atoms with E-state index in [-0.39, 0.29) is 0 Å². The standard InChI is InChI=1S/C16H10BrN3S/c17-11-4-5-14-15(8-11)21-16(20-14)19-13-3-1-2-10-9-18-7-6-12(10)13/h1-9H,(H,19,20). The van der Waals surface area contributed by atoms with Gasteiger partial charge >= 0.3 is 0 Å². The fourth-order valence-electron chi connectivity index (χ4n) is 2.30. The Labute approximate surface area is 133 Å². The topological polar surface area (TPSA) is 37.8 Å². The molecule has 3 nitrogen and oxygen atoms in total. The van der Waals surface area contributed by atoms with Crippen LogP contribution in [0.1, 0.15) is 0 Å². The molecule has 0 unspecified atom stereocenters. The molecule has 0 aliphatic carbocycles. The fourth-order valence-corrected chi connectivity index (χ4v) is 3.73. The van der Waals surface area contributed by atoms with Crippen LogP contribution in [0.25, 0.3) is 21.0 Å². The highest BCUT2D eigenvalue weighted by Gasteiger charge is 2.06. The minimum absolute atomic E-state index is 0.896. The Kier molecular flexibility index (Phi) is 3.09. The Balaban J connectivity index is 1.79. The van der Waals surface area contributed by atoms with Crippen LogP contribution in [-0.2, 0) is 0 Å². The largest absolute Gasteiger partial charge is 0.331 e. The lowest BCUT2D eigenvalue weighted by Gasteiger charge is -2.06. The maximum Gasteiger partial charge on any atom is 0.188 e. The predicted molar refractivity (Wildman–Crippen MR) is 92.3 cm³/mol. The van der Waals surface area contributed by atoms with Crippen LogP contribution in [0.3, 0.4) is 0 Å². The van der Waals surface area contributed by atoms with Gasteiger partial charge in [-0.3, -0.25) is 4.98 Å². The molecule has 0 aliphatic rings. The molecule has 0 fully saturated rings. The molecule has 0 saturated heterocycles. The summed E-state index contributed by atoms with van der Waals surface area (Å²) < 4.78 is 2.23. The second-order valence-electron chi connectivity index (χ2n) is 4.66. The third-order valence-corrected chi connectivity index (χ3v) is 4.70. The smallest absolute Gasteiger partial charge is 0.188 e. The molecule has 102 valence electrons. The Morgan fingerprint density at radius 2 is 2.05 bits per heavy atom. The first-order chi connectivity index (χ1) is 10.3. The summed E-state index contributed by atoms with van der Waals surface area (Å²) in [6, 6.07) is 14.3. The number of rotatable bonds is 2. The van der Waals surface area contributed by atoms with E-state index in [0.717, 1.165) is 36.3 Å². The molecule has 0 saturated carbocycles. The molecule has 4 aromatic rings. The van der Waals surface area contributed by atoms with Gasteiger partial charge in [-0.2, -0.15) is 0 Å². The number of hydrogen-bond donors (Lipinski definition) is 1. The van der Waals surface area contributed by atoms with E-state index in [9.17, 15) is 0 Å². The summed E-state index contributed by atoms with van der Waals surface area (Å²) in [5, 5.41) is 6.58. The Morgan fingerprint density at radius 1 is 1.10 bits per heavy atom. The third-order valence-electron chi connectivity index (χ3n) is 3.27. The van der Waals surface area contributed by atoms with Gasteiger partial charge in [-0.15, -0.1) is 0 Å². The number of pyridine rings is 1. The van der Waals surface area contributed by atoms with Gasteiger partial charge in [0, 0.05) is 33.3 Å². The number of nitrogens with zero attached hydrogens (tertiary/aromatic N) is 2. The molecule has 5 heteroatoms. The van der Waals surface area contributed by atoms with Crippen LogP contribution in [-0.4, -0.2) is 9.97 Å². The van der Waals surface area contributed by atoms with Crippen LogP contribution in [0.15, 0.2) is 59.3 Å². The second-order valence-corrected chi connectivity index (χ2v) is 6.60. The highest BCUT2D eigenvalue weighted by Crippen LogP contribution is 2.32. The predicted octanol–water partition coefficient (Wildman–Crippen LogP) is 5.35. The number of fused-ring (bicyclic) bond motifs is 2. The van der Waals surface area contributed by atoms with Crippen molar-refractivity contribution in [3.8, 4) is 0 Å². The fraction of sp³-hybridized carbons (Fsp3) is 0. The molecule has 2 aromatic heterocycles. The van der Waals surface area contributed by atoms with Crippen molar-refractivity contribution >= 4 is 59.1 Å². The van der Waals surface area contributed by atoms with E-state index in [0.29, 0.717) is 0 Å². The monoisotopic (exact) mass is 355 g/mol. The van der Waals surface area contributed by atoms with Crippen molar-refractivity contribution in [1.82, 2.24) is 9.97 Å². The van der Waals surface area contributed by atoms with E-state index < -0.39 is 0 Å². The SMILES string of the molecule is Brc1ccc2nc(Nc3cccc4cnccc34)sc2c1. The maximum absolute atomic E-state index is 4.63. The number of aromatic nitrogens is 2. The zero-order valence-corrected chi connectivity index (χ0v) is 13.3. The number of thiazole rings is 1. The minimum atomic E-state index is 0.896. The average molecular weight is 356 g/mol. The molecule has 0 radical (unpaired) electrons. The van der Waals surface area contributed by atoms with Crippen LogP contribution in [0.5, 0.6) is 0 Å². The first kappa shape index (κ1) is 12.7. The van der Waals surface area contributed by atoms with Crippen molar-refractivity contribution in [3.63, 3.8) is 0 Å². The first-order valence-corrected chi connectivity index (χ1v) is 8.06. The summed E-state index contributed by atoms with van der Waals surface area (Å²) in [5.41, 5.74) is 2.06. The van der Waals surface area contributed by atoms with Crippen LogP contribution in [0, 0.1) is 0 Å². The van der Waals surface area contributed by atoms with Gasteiger partial charge in [0.25, 0.3) is 0 Å². The van der Waals surface area contributed by atoms with E-state index in [1.165, 1.54) is 0 Å². The average Bonchev–Trinajstić information content (AvgIpc) is 2.89. The molecular formula is C16H10BrN3S. The van der Waals surface area contributed by atoms with Gasteiger partial charge < -0.3 is 5.32 Å². The van der Waals surface area contributed by atoms with Gasteiger partial charge in [-0.1, -0.05) is 39.4 Å². The molecule has 2 heterocycles. The molecule has 2 aromatic carbocycles. The van der Waals surface area contributed by atoms with Crippen molar-refractivity contribution in [3.05, 3.63) is 59.3 Å². The van der Waals surface area contributed by atoms with Gasteiger partial charge in [-0.05, 0) is 30.3 Å². The van der Waals surface area contributed by atoms with Crippen molar-refractivity contribution in [2.45, 2.75) is 0 Å². The molecule has 0 atom stereocenters. The van der Waals surface area contributed by atoms with Crippen LogP contribution < -0.4 is 5.32 Å². The highest BCUT2D eigenvalue weighted by atomic mass is 79.9. The van der Waals surface area contributed by atoms with Gasteiger partial charge in [0.05, 0.1) is 10.2 Å². The molecule has 0 spiro atoms. The van der Waals surface area contributed by atoms with Gasteiger partial charge in [0.2, 0.25) is 0 Å². The maximum atomic E-state index is 4.63. The summed E-state index contributed by atoms with van der Waals surface area (Å²) in [7, 11) is 0. The lowest BCUT2D eigenvalue weighted by atomic mass is 10.1. The van der Waals surface area contributed by atoms with Crippen molar-refractivity contribution in [2.75, 3.05) is 5.32 Å². The summed E-state index contributed by atoms with van der Waals surface area (Å²) >= 11 is 5.14. The zero-order valence-electron chi connectivity index (χ0n) is 10.9. The molecular weight excluding hydrogens is 346 g/mol. The van der Waals surface area contributed by atoms with Crippen molar-refractivity contribution < 1.29 is 0 Å². The molecule has 0 amide bonds. The molecule has 21 heavy (non-hydrogen) atoms. The number of hydrogen-bond acceptors (Lipinski definition) is 4. The lowest BCUT2D eigenvalue weighted by molar-refractivity contribution is 1.36. The highest BCUT2D eigenvalue weighted by molar-refractivity contribution is 9.10. The first-order valence-electron chi connectivity index (χ1n) is 6.45. The second kappa shape index (κ2) is 5.09. The van der Waals surface area contributed by atoms with E-state index in [1.54, 1.807) is 11.3 Å². The summed E-state index contributed by atoms with van der Waals surface area (Å²) in [6.07, 6.45) is 3.68. The van der Waals surface area contributed by atoms with Crippen LogP contribution in [0.4, 0.5) is 10.8 Å². The van der Waals surface area contributed by atoms with E-state index in [2.05, 4.69) is 49.4 Å². The van der Waals surface area contributed by atoms with E-state index >= 15 is 0 Å². The number of benzene rings is 2.